The van der Waals surface area contributed by atoms with Gasteiger partial charge < -0.3 is 50.1 Å². The van der Waals surface area contributed by atoms with E-state index in [1.807, 2.05) is 11.8 Å². The van der Waals surface area contributed by atoms with Gasteiger partial charge in [-0.25, -0.2) is 4.79 Å². The average Bonchev–Trinajstić information content (AvgIpc) is 3.62. The third kappa shape index (κ3) is 13.6. The second-order valence-corrected chi connectivity index (χ2v) is 12.6. The largest absolute Gasteiger partial charge is 0.493 e. The molecule has 4 atom stereocenters. The summed E-state index contributed by atoms with van der Waals surface area (Å²) in [5.74, 6) is 1.20. The number of unbranched alkanes of at least 4 members (excludes halogenated alkanes) is 1. The van der Waals surface area contributed by atoms with Crippen molar-refractivity contribution in [3.05, 3.63) is 27.8 Å². The SMILES string of the molecule is COc1cc(C(C)O)c([N+](=O)[O-])cc1OCCCC(=O)NCCOCCOCCOCCNC(=O)CCCC[C@@H]1SC[C@@H]2NC(=O)N[C@@H]21. The summed E-state index contributed by atoms with van der Waals surface area (Å²) in [6.07, 6.45) is 2.76. The first kappa shape index (κ1) is 39.1. The number of nitrogens with zero attached hydrogens (tertiary/aromatic N) is 1. The van der Waals surface area contributed by atoms with E-state index in [4.69, 9.17) is 23.7 Å². The predicted molar refractivity (Wildman–Crippen MR) is 177 cm³/mol. The van der Waals surface area contributed by atoms with E-state index in [0.717, 1.165) is 25.0 Å². The number of carbonyl (C=O) groups is 3. The molecule has 16 nitrogen and oxygen atoms in total. The topological polar surface area (TPSA) is 209 Å². The molecule has 0 bridgehead atoms. The number of benzene rings is 1. The summed E-state index contributed by atoms with van der Waals surface area (Å²) in [5.41, 5.74) is -0.150. The molecule has 2 aliphatic heterocycles. The Bertz CT molecular complexity index is 1190. The molecule has 3 rings (SSSR count). The van der Waals surface area contributed by atoms with Crippen LogP contribution in [-0.4, -0.2) is 117 Å². The van der Waals surface area contributed by atoms with E-state index in [0.29, 0.717) is 70.8 Å². The van der Waals surface area contributed by atoms with Crippen molar-refractivity contribution >= 4 is 35.3 Å². The highest BCUT2D eigenvalue weighted by molar-refractivity contribution is 8.00. The summed E-state index contributed by atoms with van der Waals surface area (Å²) in [4.78, 5) is 46.3. The fourth-order valence-corrected chi connectivity index (χ4v) is 6.81. The van der Waals surface area contributed by atoms with Crippen LogP contribution < -0.4 is 30.7 Å². The summed E-state index contributed by atoms with van der Waals surface area (Å²) >= 11 is 1.88. The van der Waals surface area contributed by atoms with Crippen molar-refractivity contribution in [3.63, 3.8) is 0 Å². The molecule has 0 aliphatic carbocycles. The van der Waals surface area contributed by atoms with Gasteiger partial charge in [0.05, 0.1) is 88.1 Å². The van der Waals surface area contributed by atoms with Crippen LogP contribution in [0.2, 0.25) is 0 Å². The van der Waals surface area contributed by atoms with Gasteiger partial charge in [0.15, 0.2) is 11.5 Å². The maximum absolute atomic E-state index is 12.1. The maximum Gasteiger partial charge on any atom is 0.315 e. The lowest BCUT2D eigenvalue weighted by atomic mass is 10.0. The van der Waals surface area contributed by atoms with Crippen molar-refractivity contribution in [3.8, 4) is 11.5 Å². The first-order chi connectivity index (χ1) is 23.2. The first-order valence-electron chi connectivity index (χ1n) is 16.3. The summed E-state index contributed by atoms with van der Waals surface area (Å²) in [6, 6.07) is 2.94. The van der Waals surface area contributed by atoms with Gasteiger partial charge in [0.2, 0.25) is 11.8 Å². The molecule has 17 heteroatoms. The molecule has 5 N–H and O–H groups in total. The van der Waals surface area contributed by atoms with E-state index < -0.39 is 11.0 Å². The summed E-state index contributed by atoms with van der Waals surface area (Å²) in [5, 5.41) is 33.1. The highest BCUT2D eigenvalue weighted by atomic mass is 32.2. The van der Waals surface area contributed by atoms with Crippen LogP contribution in [0.3, 0.4) is 0 Å². The van der Waals surface area contributed by atoms with Gasteiger partial charge in [0.25, 0.3) is 5.69 Å². The monoisotopic (exact) mass is 699 g/mol. The van der Waals surface area contributed by atoms with E-state index >= 15 is 0 Å². The van der Waals surface area contributed by atoms with Crippen molar-refractivity contribution < 1.29 is 48.1 Å². The fraction of sp³-hybridized carbons (Fsp3) is 0.710. The minimum Gasteiger partial charge on any atom is -0.493 e. The second kappa shape index (κ2) is 21.6. The van der Waals surface area contributed by atoms with Crippen molar-refractivity contribution in [2.45, 2.75) is 68.9 Å². The number of carbonyl (C=O) groups excluding carboxylic acids is 3. The predicted octanol–water partition coefficient (Wildman–Crippen LogP) is 1.82. The number of rotatable bonds is 25. The Morgan fingerprint density at radius 2 is 1.58 bits per heavy atom. The molecule has 2 heterocycles. The van der Waals surface area contributed by atoms with Gasteiger partial charge in [-0.15, -0.1) is 0 Å². The number of urea groups is 1. The number of hydrogen-bond donors (Lipinski definition) is 5. The Labute approximate surface area is 284 Å². The van der Waals surface area contributed by atoms with E-state index in [2.05, 4.69) is 21.3 Å². The van der Waals surface area contributed by atoms with Crippen molar-refractivity contribution in [2.75, 3.05) is 72.2 Å². The number of hydrogen-bond acceptors (Lipinski definition) is 12. The number of aliphatic hydroxyl groups is 1. The summed E-state index contributed by atoms with van der Waals surface area (Å²) in [7, 11) is 1.40. The second-order valence-electron chi connectivity index (χ2n) is 11.4. The van der Waals surface area contributed by atoms with Crippen LogP contribution in [-0.2, 0) is 23.8 Å². The molecule has 1 aromatic rings. The Hall–Kier alpha value is -3.38. The van der Waals surface area contributed by atoms with Crippen LogP contribution in [0.5, 0.6) is 11.5 Å². The molecule has 2 aliphatic rings. The van der Waals surface area contributed by atoms with E-state index in [9.17, 15) is 29.6 Å². The van der Waals surface area contributed by atoms with Crippen LogP contribution in [0.15, 0.2) is 12.1 Å². The Morgan fingerprint density at radius 1 is 0.958 bits per heavy atom. The van der Waals surface area contributed by atoms with E-state index in [1.54, 1.807) is 0 Å². The number of methoxy groups -OCH3 is 1. The minimum absolute atomic E-state index is 0.0115. The molecule has 1 unspecified atom stereocenters. The third-order valence-corrected chi connectivity index (χ3v) is 9.24. The summed E-state index contributed by atoms with van der Waals surface area (Å²) in [6.45, 7) is 4.64. The zero-order chi connectivity index (χ0) is 34.7. The number of amides is 4. The van der Waals surface area contributed by atoms with Crippen LogP contribution in [0, 0.1) is 10.1 Å². The highest BCUT2D eigenvalue weighted by Gasteiger charge is 2.42. The van der Waals surface area contributed by atoms with Crippen LogP contribution in [0.1, 0.15) is 57.1 Å². The highest BCUT2D eigenvalue weighted by Crippen LogP contribution is 2.37. The Kier molecular flexibility index (Phi) is 17.5. The number of thioether (sulfide) groups is 1. The Morgan fingerprint density at radius 3 is 2.19 bits per heavy atom. The number of nitrogens with one attached hydrogen (secondary N) is 4. The molecule has 0 radical (unpaired) electrons. The molecule has 1 aromatic carbocycles. The average molecular weight is 700 g/mol. The lowest BCUT2D eigenvalue weighted by molar-refractivity contribution is -0.386. The molecule has 0 spiro atoms. The van der Waals surface area contributed by atoms with Gasteiger partial charge >= 0.3 is 6.03 Å². The van der Waals surface area contributed by atoms with Crippen LogP contribution >= 0.6 is 11.8 Å². The summed E-state index contributed by atoms with van der Waals surface area (Å²) < 4.78 is 27.2. The van der Waals surface area contributed by atoms with Gasteiger partial charge in [-0.2, -0.15) is 11.8 Å². The van der Waals surface area contributed by atoms with E-state index in [1.165, 1.54) is 26.2 Å². The van der Waals surface area contributed by atoms with Crippen LogP contribution in [0.4, 0.5) is 10.5 Å². The molecule has 4 amide bonds. The van der Waals surface area contributed by atoms with Gasteiger partial charge in [0.1, 0.15) is 0 Å². The van der Waals surface area contributed by atoms with Gasteiger partial charge in [-0.05, 0) is 32.3 Å². The number of ether oxygens (including phenoxy) is 5. The zero-order valence-electron chi connectivity index (χ0n) is 27.7. The van der Waals surface area contributed by atoms with Gasteiger partial charge in [-0.1, -0.05) is 6.42 Å². The maximum atomic E-state index is 12.1. The fourth-order valence-electron chi connectivity index (χ4n) is 5.26. The number of aliphatic hydroxyl groups excluding tert-OH is 1. The third-order valence-electron chi connectivity index (χ3n) is 7.73. The zero-order valence-corrected chi connectivity index (χ0v) is 28.5. The molecule has 0 aromatic heterocycles. The van der Waals surface area contributed by atoms with Crippen molar-refractivity contribution in [1.29, 1.82) is 0 Å². The first-order valence-corrected chi connectivity index (χ1v) is 17.4. The minimum atomic E-state index is -1.05. The normalized spacial score (nSPS) is 18.8. The lowest BCUT2D eigenvalue weighted by Crippen LogP contribution is -2.36. The van der Waals surface area contributed by atoms with Gasteiger partial charge in [0, 0.05) is 36.9 Å². The Balaban J connectivity index is 1.07. The standard InChI is InChI=1S/C31H49N5O11S/c1-21(37)22-18-25(43-2)26(19-24(22)36(41)42)47-11-5-8-29(39)33-10-13-45-15-17-46-16-14-44-12-9-32-28(38)7-4-3-6-27-30-23(20-48-27)34-31(40)35-30/h18-19,21,23,27,30,37H,3-17,20H2,1-2H3,(H,32,38)(H,33,39)(H2,34,35,40)/t21?,23-,27-,30-/m0/s1. The van der Waals surface area contributed by atoms with Crippen molar-refractivity contribution in [1.82, 2.24) is 21.3 Å². The molecule has 2 saturated heterocycles. The number of nitro benzene ring substituents is 1. The molecular formula is C31H49N5O11S. The van der Waals surface area contributed by atoms with Crippen LogP contribution in [0.25, 0.3) is 0 Å². The number of nitro groups is 1. The number of fused-ring (bicyclic) bond motifs is 1. The molecule has 2 fully saturated rings. The molecule has 0 saturated carbocycles. The van der Waals surface area contributed by atoms with Crippen molar-refractivity contribution in [2.24, 2.45) is 0 Å². The smallest absolute Gasteiger partial charge is 0.315 e. The molecular weight excluding hydrogens is 650 g/mol. The molecule has 270 valence electrons. The van der Waals surface area contributed by atoms with Gasteiger partial charge in [-0.3, -0.25) is 19.7 Å². The quantitative estimate of drug-likeness (QED) is 0.0429. The van der Waals surface area contributed by atoms with E-state index in [-0.39, 0.29) is 65.7 Å². The molecule has 48 heavy (non-hydrogen) atoms. The lowest BCUT2D eigenvalue weighted by Gasteiger charge is -2.16.